The molecule has 4 nitrogen and oxygen atoms in total. The zero-order chi connectivity index (χ0) is 13.6. The van der Waals surface area contributed by atoms with Crippen molar-refractivity contribution < 1.29 is 12.8 Å². The molecule has 2 fully saturated rings. The van der Waals surface area contributed by atoms with Crippen molar-refractivity contribution in [3.8, 4) is 0 Å². The lowest BCUT2D eigenvalue weighted by Gasteiger charge is -2.18. The summed E-state index contributed by atoms with van der Waals surface area (Å²) < 4.78 is 40.3. The number of hydrogen-bond acceptors (Lipinski definition) is 3. The molecular formula is C12H14BrFN2O2S. The number of halogens is 2. The van der Waals surface area contributed by atoms with Crippen LogP contribution in [0.5, 0.6) is 0 Å². The van der Waals surface area contributed by atoms with Crippen molar-refractivity contribution in [2.24, 2.45) is 11.8 Å². The van der Waals surface area contributed by atoms with Crippen molar-refractivity contribution >= 4 is 26.0 Å². The van der Waals surface area contributed by atoms with Crippen LogP contribution in [0.4, 0.5) is 4.39 Å². The van der Waals surface area contributed by atoms with Gasteiger partial charge >= 0.3 is 0 Å². The first-order chi connectivity index (χ1) is 8.98. The number of nitrogens with zero attached hydrogens (tertiary/aromatic N) is 1. The largest absolute Gasteiger partial charge is 0.316 e. The van der Waals surface area contributed by atoms with Gasteiger partial charge in [-0.1, -0.05) is 0 Å². The Bertz CT molecular complexity index is 596. The van der Waals surface area contributed by atoms with Gasteiger partial charge < -0.3 is 5.32 Å². The molecule has 2 heterocycles. The number of hydrogen-bond donors (Lipinski definition) is 1. The molecule has 0 aliphatic carbocycles. The standard InChI is InChI=1S/C12H14BrFN2O2S/c13-11-2-1-10(14)3-12(11)19(17,18)16-6-8-4-15-5-9(8)7-16/h1-3,8-9,15H,4-7H2/t8-,9+. The van der Waals surface area contributed by atoms with E-state index in [4.69, 9.17) is 0 Å². The fourth-order valence-electron chi connectivity index (χ4n) is 2.82. The van der Waals surface area contributed by atoms with Crippen LogP contribution in [0.25, 0.3) is 0 Å². The predicted octanol–water partition coefficient (Wildman–Crippen LogP) is 1.43. The lowest BCUT2D eigenvalue weighted by atomic mass is 10.0. The molecule has 0 unspecified atom stereocenters. The maximum absolute atomic E-state index is 13.3. The molecule has 19 heavy (non-hydrogen) atoms. The Hall–Kier alpha value is -0.500. The van der Waals surface area contributed by atoms with Crippen molar-refractivity contribution in [3.63, 3.8) is 0 Å². The van der Waals surface area contributed by atoms with Gasteiger partial charge in [-0.05, 0) is 59.1 Å². The summed E-state index contributed by atoms with van der Waals surface area (Å²) in [5.41, 5.74) is 0. The Morgan fingerprint density at radius 2 is 1.89 bits per heavy atom. The van der Waals surface area contributed by atoms with Crippen LogP contribution >= 0.6 is 15.9 Å². The molecule has 1 aromatic carbocycles. The zero-order valence-electron chi connectivity index (χ0n) is 10.1. The van der Waals surface area contributed by atoms with Crippen LogP contribution in [0.3, 0.4) is 0 Å². The SMILES string of the molecule is O=S(=O)(c1cc(F)ccc1Br)N1C[C@H]2CNC[C@H]2C1. The second-order valence-electron chi connectivity index (χ2n) is 5.08. The van der Waals surface area contributed by atoms with Crippen LogP contribution in [0.2, 0.25) is 0 Å². The summed E-state index contributed by atoms with van der Waals surface area (Å²) in [5, 5.41) is 3.27. The summed E-state index contributed by atoms with van der Waals surface area (Å²) in [7, 11) is -3.62. The second kappa shape index (κ2) is 4.80. The molecule has 2 aliphatic rings. The first kappa shape index (κ1) is 13.5. The van der Waals surface area contributed by atoms with E-state index in [0.717, 1.165) is 19.2 Å². The molecule has 0 bridgehead atoms. The summed E-state index contributed by atoms with van der Waals surface area (Å²) in [6.45, 7) is 2.76. The zero-order valence-corrected chi connectivity index (χ0v) is 12.5. The molecule has 0 aromatic heterocycles. The number of rotatable bonds is 2. The average Bonchev–Trinajstić information content (AvgIpc) is 2.92. The van der Waals surface area contributed by atoms with Gasteiger partial charge in [-0.25, -0.2) is 12.8 Å². The molecule has 0 amide bonds. The Balaban J connectivity index is 1.93. The molecule has 2 atom stereocenters. The molecule has 0 saturated carbocycles. The lowest BCUT2D eigenvalue weighted by Crippen LogP contribution is -2.32. The van der Waals surface area contributed by atoms with E-state index in [1.807, 2.05) is 0 Å². The summed E-state index contributed by atoms with van der Waals surface area (Å²) in [4.78, 5) is 0.0143. The monoisotopic (exact) mass is 348 g/mol. The smallest absolute Gasteiger partial charge is 0.244 e. The molecule has 1 aromatic rings. The van der Waals surface area contributed by atoms with E-state index in [0.29, 0.717) is 29.4 Å². The van der Waals surface area contributed by atoms with Crippen molar-refractivity contribution in [2.45, 2.75) is 4.90 Å². The molecule has 104 valence electrons. The summed E-state index contributed by atoms with van der Waals surface area (Å²) in [6, 6.07) is 3.75. The Kier molecular flexibility index (Phi) is 3.41. The highest BCUT2D eigenvalue weighted by Gasteiger charge is 2.42. The molecule has 2 aliphatic heterocycles. The third-order valence-electron chi connectivity index (χ3n) is 3.87. The number of benzene rings is 1. The van der Waals surface area contributed by atoms with E-state index in [2.05, 4.69) is 21.2 Å². The Morgan fingerprint density at radius 1 is 1.26 bits per heavy atom. The quantitative estimate of drug-likeness (QED) is 0.879. The highest BCUT2D eigenvalue weighted by atomic mass is 79.9. The average molecular weight is 349 g/mol. The van der Waals surface area contributed by atoms with Crippen LogP contribution in [-0.2, 0) is 10.0 Å². The van der Waals surface area contributed by atoms with E-state index < -0.39 is 15.8 Å². The Labute approximate surface area is 120 Å². The second-order valence-corrected chi connectivity index (χ2v) is 7.84. The van der Waals surface area contributed by atoms with Gasteiger partial charge in [0.2, 0.25) is 10.0 Å². The highest BCUT2D eigenvalue weighted by molar-refractivity contribution is 9.10. The van der Waals surface area contributed by atoms with Crippen LogP contribution in [0, 0.1) is 17.7 Å². The first-order valence-corrected chi connectivity index (χ1v) is 8.37. The van der Waals surface area contributed by atoms with Crippen molar-refractivity contribution in [2.75, 3.05) is 26.2 Å². The van der Waals surface area contributed by atoms with Crippen molar-refractivity contribution in [1.82, 2.24) is 9.62 Å². The van der Waals surface area contributed by atoms with Gasteiger partial charge in [0, 0.05) is 17.6 Å². The van der Waals surface area contributed by atoms with Crippen LogP contribution in [0.1, 0.15) is 0 Å². The minimum Gasteiger partial charge on any atom is -0.316 e. The third kappa shape index (κ3) is 2.33. The van der Waals surface area contributed by atoms with Gasteiger partial charge in [0.15, 0.2) is 0 Å². The van der Waals surface area contributed by atoms with Gasteiger partial charge in [-0.15, -0.1) is 0 Å². The molecule has 0 radical (unpaired) electrons. The predicted molar refractivity (Wildman–Crippen MR) is 72.7 cm³/mol. The van der Waals surface area contributed by atoms with Crippen LogP contribution in [-0.4, -0.2) is 38.9 Å². The maximum Gasteiger partial charge on any atom is 0.244 e. The third-order valence-corrected chi connectivity index (χ3v) is 6.69. The van der Waals surface area contributed by atoms with Gasteiger partial charge in [0.25, 0.3) is 0 Å². The van der Waals surface area contributed by atoms with Crippen LogP contribution < -0.4 is 5.32 Å². The fourth-order valence-corrected chi connectivity index (χ4v) is 5.31. The number of fused-ring (bicyclic) bond motifs is 1. The Morgan fingerprint density at radius 3 is 2.53 bits per heavy atom. The highest BCUT2D eigenvalue weighted by Crippen LogP contribution is 2.33. The lowest BCUT2D eigenvalue weighted by molar-refractivity contribution is 0.447. The molecule has 0 spiro atoms. The molecule has 3 rings (SSSR count). The van der Waals surface area contributed by atoms with Gasteiger partial charge in [-0.2, -0.15) is 4.31 Å². The minimum atomic E-state index is -3.62. The van der Waals surface area contributed by atoms with Crippen molar-refractivity contribution in [1.29, 1.82) is 0 Å². The van der Waals surface area contributed by atoms with Gasteiger partial charge in [-0.3, -0.25) is 0 Å². The first-order valence-electron chi connectivity index (χ1n) is 6.14. The van der Waals surface area contributed by atoms with E-state index in [1.54, 1.807) is 0 Å². The van der Waals surface area contributed by atoms with E-state index in [-0.39, 0.29) is 4.90 Å². The molecule has 2 saturated heterocycles. The number of sulfonamides is 1. The van der Waals surface area contributed by atoms with E-state index >= 15 is 0 Å². The normalized spacial score (nSPS) is 27.7. The van der Waals surface area contributed by atoms with Crippen LogP contribution in [0.15, 0.2) is 27.6 Å². The maximum atomic E-state index is 13.3. The summed E-state index contributed by atoms with van der Waals surface area (Å²) in [6.07, 6.45) is 0. The molecular weight excluding hydrogens is 335 g/mol. The molecule has 1 N–H and O–H groups in total. The number of nitrogens with one attached hydrogen (secondary N) is 1. The minimum absolute atomic E-state index is 0.0143. The van der Waals surface area contributed by atoms with Gasteiger partial charge in [0.05, 0.1) is 4.90 Å². The van der Waals surface area contributed by atoms with Gasteiger partial charge in [0.1, 0.15) is 5.82 Å². The molecule has 7 heteroatoms. The van der Waals surface area contributed by atoms with E-state index in [1.165, 1.54) is 16.4 Å². The topological polar surface area (TPSA) is 49.4 Å². The van der Waals surface area contributed by atoms with E-state index in [9.17, 15) is 12.8 Å². The summed E-state index contributed by atoms with van der Waals surface area (Å²) in [5.74, 6) is 0.215. The fraction of sp³-hybridized carbons (Fsp3) is 0.500. The van der Waals surface area contributed by atoms with Crippen molar-refractivity contribution in [3.05, 3.63) is 28.5 Å². The summed E-state index contributed by atoms with van der Waals surface area (Å²) >= 11 is 3.19.